The van der Waals surface area contributed by atoms with Crippen LogP contribution in [0, 0.1) is 0 Å². The minimum absolute atomic E-state index is 0.0567. The number of hydrogen-bond acceptors (Lipinski definition) is 3. The molecule has 0 atom stereocenters. The number of ketones is 1. The quantitative estimate of drug-likeness (QED) is 0.578. The van der Waals surface area contributed by atoms with E-state index in [1.165, 1.54) is 0 Å². The fraction of sp³-hybridized carbons (Fsp3) is 0.0870. The molecule has 0 saturated heterocycles. The van der Waals surface area contributed by atoms with Crippen molar-refractivity contribution in [1.82, 2.24) is 5.32 Å². The summed E-state index contributed by atoms with van der Waals surface area (Å²) in [5.41, 5.74) is 4.89. The van der Waals surface area contributed by atoms with Gasteiger partial charge in [-0.15, -0.1) is 0 Å². The van der Waals surface area contributed by atoms with Crippen molar-refractivity contribution in [2.24, 2.45) is 0 Å². The Morgan fingerprint density at radius 2 is 1.50 bits per heavy atom. The number of hydrogen-bond donors (Lipinski definition) is 2. The maximum Gasteiger partial charge on any atom is 0.255 e. The average molecular weight is 370 g/mol. The summed E-state index contributed by atoms with van der Waals surface area (Å²) in [5.74, 6) is -0.412. The van der Waals surface area contributed by atoms with Crippen molar-refractivity contribution < 1.29 is 14.4 Å². The molecule has 1 aliphatic rings. The van der Waals surface area contributed by atoms with E-state index in [-0.39, 0.29) is 24.0 Å². The number of amides is 2. The highest BCUT2D eigenvalue weighted by Crippen LogP contribution is 2.36. The van der Waals surface area contributed by atoms with Crippen LogP contribution in [0.2, 0.25) is 0 Å². The number of carbonyl (C=O) groups is 3. The summed E-state index contributed by atoms with van der Waals surface area (Å²) in [6.07, 6.45) is 0.290. The van der Waals surface area contributed by atoms with Gasteiger partial charge in [-0.3, -0.25) is 14.4 Å². The summed E-state index contributed by atoms with van der Waals surface area (Å²) in [6.45, 7) is 0. The number of nitrogens with one attached hydrogen (secondary N) is 2. The first-order chi connectivity index (χ1) is 13.6. The Hall–Kier alpha value is -3.73. The highest BCUT2D eigenvalue weighted by atomic mass is 16.2. The van der Waals surface area contributed by atoms with Crippen LogP contribution >= 0.6 is 0 Å². The normalized spacial score (nSPS) is 11.5. The van der Waals surface area contributed by atoms with Crippen molar-refractivity contribution in [3.63, 3.8) is 0 Å². The average Bonchev–Trinajstić information content (AvgIpc) is 3.01. The van der Waals surface area contributed by atoms with Crippen molar-refractivity contribution in [1.29, 1.82) is 0 Å². The smallest absolute Gasteiger partial charge is 0.255 e. The molecule has 0 unspecified atom stereocenters. The van der Waals surface area contributed by atoms with Gasteiger partial charge in [0, 0.05) is 29.4 Å². The van der Waals surface area contributed by atoms with Gasteiger partial charge in [0.15, 0.2) is 5.78 Å². The molecular formula is C23H18N2O3. The van der Waals surface area contributed by atoms with Crippen LogP contribution in [0.25, 0.3) is 11.1 Å². The van der Waals surface area contributed by atoms with E-state index in [0.29, 0.717) is 22.4 Å². The van der Waals surface area contributed by atoms with Crippen LogP contribution in [0.3, 0.4) is 0 Å². The number of fused-ring (bicyclic) bond motifs is 3. The molecule has 0 spiro atoms. The highest BCUT2D eigenvalue weighted by molar-refractivity contribution is 6.22. The van der Waals surface area contributed by atoms with Gasteiger partial charge in [0.05, 0.1) is 6.42 Å². The van der Waals surface area contributed by atoms with Gasteiger partial charge in [0.25, 0.3) is 5.91 Å². The third-order valence-corrected chi connectivity index (χ3v) is 4.84. The van der Waals surface area contributed by atoms with Crippen molar-refractivity contribution in [3.05, 3.63) is 89.0 Å². The van der Waals surface area contributed by atoms with Crippen molar-refractivity contribution in [2.45, 2.75) is 6.42 Å². The molecule has 3 aromatic rings. The Balaban J connectivity index is 1.52. The fourth-order valence-corrected chi connectivity index (χ4v) is 3.35. The first kappa shape index (κ1) is 17.7. The number of benzene rings is 3. The first-order valence-electron chi connectivity index (χ1n) is 8.96. The zero-order chi connectivity index (χ0) is 19.7. The largest absolute Gasteiger partial charge is 0.359 e. The molecule has 138 valence electrons. The predicted molar refractivity (Wildman–Crippen MR) is 107 cm³/mol. The van der Waals surface area contributed by atoms with E-state index in [9.17, 15) is 14.4 Å². The molecule has 1 aliphatic carbocycles. The Kier molecular flexibility index (Phi) is 4.49. The van der Waals surface area contributed by atoms with Gasteiger partial charge in [0.1, 0.15) is 0 Å². The second-order valence-corrected chi connectivity index (χ2v) is 6.64. The van der Waals surface area contributed by atoms with E-state index in [0.717, 1.165) is 16.7 Å². The highest BCUT2D eigenvalue weighted by Gasteiger charge is 2.27. The molecule has 3 aromatic carbocycles. The van der Waals surface area contributed by atoms with Crippen LogP contribution < -0.4 is 10.6 Å². The van der Waals surface area contributed by atoms with Crippen LogP contribution in [0.5, 0.6) is 0 Å². The van der Waals surface area contributed by atoms with E-state index in [1.807, 2.05) is 24.3 Å². The summed E-state index contributed by atoms with van der Waals surface area (Å²) in [5, 5.41) is 5.41. The lowest BCUT2D eigenvalue weighted by Gasteiger charge is -2.08. The number of likely N-dealkylation sites (N-methyl/N-ethyl adjacent to an activating group) is 1. The second kappa shape index (κ2) is 7.12. The summed E-state index contributed by atoms with van der Waals surface area (Å²) >= 11 is 0. The molecule has 0 heterocycles. The summed E-state index contributed by atoms with van der Waals surface area (Å²) < 4.78 is 0. The molecule has 0 fully saturated rings. The van der Waals surface area contributed by atoms with Gasteiger partial charge in [-0.1, -0.05) is 42.5 Å². The monoisotopic (exact) mass is 370 g/mol. The van der Waals surface area contributed by atoms with Gasteiger partial charge >= 0.3 is 0 Å². The molecule has 0 saturated carbocycles. The van der Waals surface area contributed by atoms with Crippen LogP contribution in [0.15, 0.2) is 66.7 Å². The van der Waals surface area contributed by atoms with Crippen molar-refractivity contribution in [2.75, 3.05) is 12.4 Å². The number of rotatable bonds is 4. The van der Waals surface area contributed by atoms with Crippen LogP contribution in [0.4, 0.5) is 5.69 Å². The molecular weight excluding hydrogens is 352 g/mol. The minimum atomic E-state index is -0.286. The van der Waals surface area contributed by atoms with Gasteiger partial charge in [0.2, 0.25) is 5.91 Å². The van der Waals surface area contributed by atoms with Crippen molar-refractivity contribution in [3.8, 4) is 11.1 Å². The molecule has 5 nitrogen and oxygen atoms in total. The van der Waals surface area contributed by atoms with Crippen molar-refractivity contribution >= 4 is 23.3 Å². The van der Waals surface area contributed by atoms with Crippen LogP contribution in [-0.4, -0.2) is 24.6 Å². The molecule has 0 aliphatic heterocycles. The fourth-order valence-electron chi connectivity index (χ4n) is 3.35. The third kappa shape index (κ3) is 3.18. The summed E-state index contributed by atoms with van der Waals surface area (Å²) in [6, 6.07) is 19.8. The SMILES string of the molecule is CNC(=O)Cc1ccc(NC(=O)c2ccc3c(c2)C(=O)c2ccccc2-3)cc1. The molecule has 0 radical (unpaired) electrons. The zero-order valence-electron chi connectivity index (χ0n) is 15.3. The van der Waals surface area contributed by atoms with Crippen LogP contribution in [0.1, 0.15) is 31.8 Å². The summed E-state index contributed by atoms with van der Waals surface area (Å²) in [4.78, 5) is 36.6. The molecule has 4 rings (SSSR count). The Bertz CT molecular complexity index is 1100. The van der Waals surface area contributed by atoms with E-state index < -0.39 is 0 Å². The standard InChI is InChI=1S/C23H18N2O3/c1-24-21(26)12-14-6-9-16(10-7-14)25-23(28)15-8-11-18-17-4-2-3-5-19(17)22(27)20(18)13-15/h2-11,13H,12H2,1H3,(H,24,26)(H,25,28). The van der Waals surface area contributed by atoms with E-state index in [2.05, 4.69) is 10.6 Å². The molecule has 0 bridgehead atoms. The van der Waals surface area contributed by atoms with Gasteiger partial charge in [-0.2, -0.15) is 0 Å². The van der Waals surface area contributed by atoms with E-state index >= 15 is 0 Å². The number of carbonyl (C=O) groups excluding carboxylic acids is 3. The first-order valence-corrected chi connectivity index (χ1v) is 8.96. The van der Waals surface area contributed by atoms with Gasteiger partial charge < -0.3 is 10.6 Å². The minimum Gasteiger partial charge on any atom is -0.359 e. The number of anilines is 1. The van der Waals surface area contributed by atoms with E-state index in [1.54, 1.807) is 49.5 Å². The second-order valence-electron chi connectivity index (χ2n) is 6.64. The Morgan fingerprint density at radius 3 is 2.21 bits per heavy atom. The van der Waals surface area contributed by atoms with Gasteiger partial charge in [-0.05, 0) is 41.0 Å². The lowest BCUT2D eigenvalue weighted by molar-refractivity contribution is -0.119. The molecule has 2 amide bonds. The summed E-state index contributed by atoms with van der Waals surface area (Å²) in [7, 11) is 1.59. The maximum absolute atomic E-state index is 12.6. The Labute approximate surface area is 162 Å². The zero-order valence-corrected chi connectivity index (χ0v) is 15.3. The maximum atomic E-state index is 12.6. The van der Waals surface area contributed by atoms with Gasteiger partial charge in [-0.25, -0.2) is 0 Å². The molecule has 5 heteroatoms. The lowest BCUT2D eigenvalue weighted by atomic mass is 10.0. The van der Waals surface area contributed by atoms with Crippen LogP contribution in [-0.2, 0) is 11.2 Å². The topological polar surface area (TPSA) is 75.3 Å². The molecule has 0 aromatic heterocycles. The third-order valence-electron chi connectivity index (χ3n) is 4.84. The molecule has 28 heavy (non-hydrogen) atoms. The predicted octanol–water partition coefficient (Wildman–Crippen LogP) is 3.44. The lowest BCUT2D eigenvalue weighted by Crippen LogP contribution is -2.19. The molecule has 2 N–H and O–H groups in total. The Morgan fingerprint density at radius 1 is 0.821 bits per heavy atom. The van der Waals surface area contributed by atoms with E-state index in [4.69, 9.17) is 0 Å².